The van der Waals surface area contributed by atoms with E-state index in [1.807, 2.05) is 0 Å². The summed E-state index contributed by atoms with van der Waals surface area (Å²) in [6.07, 6.45) is 7.13. The van der Waals surface area contributed by atoms with E-state index in [1.54, 1.807) is 7.11 Å². The largest absolute Gasteiger partial charge is 0.396 e. The number of carbonyl (C=O) groups excluding carboxylic acids is 2. The SMILES string of the molecule is CCCCCCCC(=O)C(O)C(=O)CCC1CC(OC)C(O)C(C(CCO)C2CCNC(N)C2)C1. The number of hydrogen-bond acceptors (Lipinski definition) is 8. The Bertz CT molecular complexity index is 633. The topological polar surface area (TPSA) is 142 Å². The highest BCUT2D eigenvalue weighted by molar-refractivity contribution is 6.04. The predicted molar refractivity (Wildman–Crippen MR) is 136 cm³/mol. The lowest BCUT2D eigenvalue weighted by Crippen LogP contribution is -2.51. The maximum Gasteiger partial charge on any atom is 0.170 e. The van der Waals surface area contributed by atoms with E-state index in [0.717, 1.165) is 51.5 Å². The molecule has 1 aliphatic heterocycles. The minimum absolute atomic E-state index is 0.0501. The van der Waals surface area contributed by atoms with Gasteiger partial charge in [0, 0.05) is 26.6 Å². The molecule has 8 heteroatoms. The molecular weight excluding hydrogens is 448 g/mol. The molecule has 8 atom stereocenters. The Morgan fingerprint density at radius 3 is 2.46 bits per heavy atom. The van der Waals surface area contributed by atoms with Crippen molar-refractivity contribution in [1.82, 2.24) is 5.32 Å². The molecule has 35 heavy (non-hydrogen) atoms. The smallest absolute Gasteiger partial charge is 0.170 e. The fraction of sp³-hybridized carbons (Fsp3) is 0.926. The van der Waals surface area contributed by atoms with Gasteiger partial charge in [0.15, 0.2) is 17.7 Å². The van der Waals surface area contributed by atoms with Gasteiger partial charge in [-0.3, -0.25) is 9.59 Å². The van der Waals surface area contributed by atoms with Crippen LogP contribution in [0, 0.1) is 23.7 Å². The first-order valence-electron chi connectivity index (χ1n) is 13.9. The van der Waals surface area contributed by atoms with Crippen molar-refractivity contribution >= 4 is 11.6 Å². The van der Waals surface area contributed by atoms with Crippen molar-refractivity contribution < 1.29 is 29.6 Å². The number of carbonyl (C=O) groups is 2. The molecule has 1 saturated carbocycles. The summed E-state index contributed by atoms with van der Waals surface area (Å²) in [5.74, 6) is -0.247. The Labute approximate surface area is 211 Å². The summed E-state index contributed by atoms with van der Waals surface area (Å²) in [6.45, 7) is 3.01. The number of methoxy groups -OCH3 is 1. The van der Waals surface area contributed by atoms with Gasteiger partial charge in [0.2, 0.25) is 0 Å². The minimum atomic E-state index is -1.53. The lowest BCUT2D eigenvalue weighted by atomic mass is 9.65. The first-order chi connectivity index (χ1) is 16.8. The number of nitrogens with one attached hydrogen (secondary N) is 1. The third-order valence-electron chi connectivity index (χ3n) is 8.33. The lowest BCUT2D eigenvalue weighted by Gasteiger charge is -2.46. The predicted octanol–water partition coefficient (Wildman–Crippen LogP) is 2.31. The van der Waals surface area contributed by atoms with Gasteiger partial charge in [0.1, 0.15) is 0 Å². The summed E-state index contributed by atoms with van der Waals surface area (Å²) < 4.78 is 5.63. The molecule has 2 aliphatic rings. The van der Waals surface area contributed by atoms with Crippen molar-refractivity contribution in [2.45, 2.75) is 115 Å². The number of unbranched alkanes of at least 4 members (excludes halogenated alkanes) is 4. The van der Waals surface area contributed by atoms with Crippen LogP contribution in [0.25, 0.3) is 0 Å². The van der Waals surface area contributed by atoms with Crippen molar-refractivity contribution in [3.63, 3.8) is 0 Å². The first kappa shape index (κ1) is 30.3. The van der Waals surface area contributed by atoms with E-state index in [0.29, 0.717) is 31.6 Å². The lowest BCUT2D eigenvalue weighted by molar-refractivity contribution is -0.139. The van der Waals surface area contributed by atoms with E-state index in [4.69, 9.17) is 10.5 Å². The van der Waals surface area contributed by atoms with Gasteiger partial charge < -0.3 is 31.1 Å². The first-order valence-corrected chi connectivity index (χ1v) is 13.9. The van der Waals surface area contributed by atoms with Crippen LogP contribution in [-0.4, -0.2) is 71.6 Å². The number of rotatable bonds is 16. The number of ketones is 2. The average Bonchev–Trinajstić information content (AvgIpc) is 2.85. The number of hydrogen-bond donors (Lipinski definition) is 5. The zero-order valence-corrected chi connectivity index (χ0v) is 21.9. The number of piperidine rings is 1. The summed E-state index contributed by atoms with van der Waals surface area (Å²) in [4.78, 5) is 24.8. The summed E-state index contributed by atoms with van der Waals surface area (Å²) in [7, 11) is 1.60. The van der Waals surface area contributed by atoms with E-state index < -0.39 is 18.0 Å². The van der Waals surface area contributed by atoms with Crippen molar-refractivity contribution in [2.24, 2.45) is 29.4 Å². The molecule has 8 unspecified atom stereocenters. The number of ether oxygens (including phenoxy) is 1. The van der Waals surface area contributed by atoms with E-state index in [-0.39, 0.29) is 55.3 Å². The highest BCUT2D eigenvalue weighted by atomic mass is 16.5. The standard InChI is InChI=1S/C27H50N2O6/c1-3-4-5-6-7-8-22(31)27(34)23(32)10-9-18-15-21(26(33)24(16-18)35-2)20(12-14-30)19-11-13-29-25(28)17-19/h18-21,24-27,29-30,33-34H,3-17,28H2,1-2H3. The summed E-state index contributed by atoms with van der Waals surface area (Å²) in [5, 5.41) is 34.4. The van der Waals surface area contributed by atoms with E-state index in [2.05, 4.69) is 12.2 Å². The second kappa shape index (κ2) is 16.0. The van der Waals surface area contributed by atoms with E-state index in [1.165, 1.54) is 0 Å². The number of nitrogens with two attached hydrogens (primary N) is 1. The molecule has 6 N–H and O–H groups in total. The summed E-state index contributed by atoms with van der Waals surface area (Å²) >= 11 is 0. The van der Waals surface area contributed by atoms with Crippen LogP contribution in [0.3, 0.4) is 0 Å². The molecule has 2 fully saturated rings. The third kappa shape index (κ3) is 9.48. The molecule has 1 aliphatic carbocycles. The van der Waals surface area contributed by atoms with Gasteiger partial charge in [-0.1, -0.05) is 32.6 Å². The monoisotopic (exact) mass is 498 g/mol. The molecule has 1 heterocycles. The quantitative estimate of drug-likeness (QED) is 0.161. The molecule has 0 radical (unpaired) electrons. The molecule has 0 bridgehead atoms. The second-order valence-corrected chi connectivity index (χ2v) is 10.8. The number of aliphatic hydroxyl groups excluding tert-OH is 3. The van der Waals surface area contributed by atoms with Crippen LogP contribution in [0.4, 0.5) is 0 Å². The van der Waals surface area contributed by atoms with Gasteiger partial charge in [-0.05, 0) is 75.2 Å². The van der Waals surface area contributed by atoms with Crippen LogP contribution < -0.4 is 11.1 Å². The third-order valence-corrected chi connectivity index (χ3v) is 8.33. The zero-order valence-electron chi connectivity index (χ0n) is 21.9. The highest BCUT2D eigenvalue weighted by Gasteiger charge is 2.43. The van der Waals surface area contributed by atoms with Crippen LogP contribution in [0.1, 0.15) is 90.4 Å². The van der Waals surface area contributed by atoms with Gasteiger partial charge in [0.05, 0.1) is 18.4 Å². The summed E-state index contributed by atoms with van der Waals surface area (Å²) in [5.41, 5.74) is 6.14. The summed E-state index contributed by atoms with van der Waals surface area (Å²) in [6, 6.07) is 0. The fourth-order valence-corrected chi connectivity index (χ4v) is 6.28. The van der Waals surface area contributed by atoms with Crippen LogP contribution >= 0.6 is 0 Å². The van der Waals surface area contributed by atoms with Crippen LogP contribution in [-0.2, 0) is 14.3 Å². The minimum Gasteiger partial charge on any atom is -0.396 e. The average molecular weight is 499 g/mol. The molecule has 0 aromatic rings. The number of Topliss-reactive ketones (excluding diaryl/α,β-unsaturated/α-hetero) is 2. The molecule has 8 nitrogen and oxygen atoms in total. The molecule has 0 amide bonds. The maximum absolute atomic E-state index is 12.6. The van der Waals surface area contributed by atoms with Gasteiger partial charge in [-0.25, -0.2) is 0 Å². The van der Waals surface area contributed by atoms with E-state index >= 15 is 0 Å². The van der Waals surface area contributed by atoms with Crippen LogP contribution in [0.2, 0.25) is 0 Å². The Morgan fingerprint density at radius 1 is 1.09 bits per heavy atom. The Hall–Kier alpha value is -0.900. The molecule has 204 valence electrons. The molecule has 0 aromatic carbocycles. The van der Waals surface area contributed by atoms with Gasteiger partial charge in [0.25, 0.3) is 0 Å². The molecule has 2 rings (SSSR count). The Balaban J connectivity index is 1.94. The maximum atomic E-state index is 12.6. The Kier molecular flexibility index (Phi) is 13.9. The van der Waals surface area contributed by atoms with Crippen molar-refractivity contribution in [3.05, 3.63) is 0 Å². The van der Waals surface area contributed by atoms with Gasteiger partial charge in [-0.2, -0.15) is 0 Å². The fourth-order valence-electron chi connectivity index (χ4n) is 6.28. The molecule has 1 saturated heterocycles. The van der Waals surface area contributed by atoms with E-state index in [9.17, 15) is 24.9 Å². The van der Waals surface area contributed by atoms with Crippen molar-refractivity contribution in [3.8, 4) is 0 Å². The van der Waals surface area contributed by atoms with Gasteiger partial charge in [-0.15, -0.1) is 0 Å². The van der Waals surface area contributed by atoms with Crippen LogP contribution in [0.15, 0.2) is 0 Å². The Morgan fingerprint density at radius 2 is 1.80 bits per heavy atom. The second-order valence-electron chi connectivity index (χ2n) is 10.8. The molecule has 0 aromatic heterocycles. The van der Waals surface area contributed by atoms with Crippen molar-refractivity contribution in [2.75, 3.05) is 20.3 Å². The zero-order chi connectivity index (χ0) is 25.8. The number of aliphatic hydroxyl groups is 3. The molecular formula is C27H50N2O6. The van der Waals surface area contributed by atoms with Gasteiger partial charge >= 0.3 is 0 Å². The normalized spacial score (nSPS) is 31.1. The van der Waals surface area contributed by atoms with Crippen molar-refractivity contribution in [1.29, 1.82) is 0 Å². The highest BCUT2D eigenvalue weighted by Crippen LogP contribution is 2.43. The molecule has 0 spiro atoms. The van der Waals surface area contributed by atoms with Crippen LogP contribution in [0.5, 0.6) is 0 Å².